The van der Waals surface area contributed by atoms with E-state index < -0.39 is 0 Å². The van der Waals surface area contributed by atoms with Crippen LogP contribution < -0.4 is 4.90 Å². The van der Waals surface area contributed by atoms with Crippen LogP contribution in [0.15, 0.2) is 42.5 Å². The monoisotopic (exact) mass is 290 g/mol. The quantitative estimate of drug-likeness (QED) is 0.832. The van der Waals surface area contributed by atoms with Crippen LogP contribution >= 0.6 is 23.2 Å². The zero-order valence-corrected chi connectivity index (χ0v) is 11.9. The minimum atomic E-state index is 0.615. The number of nitrogens with zero attached hydrogens (tertiary/aromatic N) is 2. The van der Waals surface area contributed by atoms with E-state index in [0.29, 0.717) is 22.2 Å². The molecule has 0 bridgehead atoms. The van der Waals surface area contributed by atoms with Gasteiger partial charge in [0.1, 0.15) is 0 Å². The van der Waals surface area contributed by atoms with Gasteiger partial charge in [0.2, 0.25) is 0 Å². The van der Waals surface area contributed by atoms with Gasteiger partial charge in [0, 0.05) is 34.9 Å². The van der Waals surface area contributed by atoms with Crippen molar-refractivity contribution in [2.75, 3.05) is 11.9 Å². The summed E-state index contributed by atoms with van der Waals surface area (Å²) in [6.07, 6.45) is 0. The summed E-state index contributed by atoms with van der Waals surface area (Å²) in [5.74, 6) is 0. The summed E-state index contributed by atoms with van der Waals surface area (Å²) in [7, 11) is 1.96. The highest BCUT2D eigenvalue weighted by Crippen LogP contribution is 2.27. The lowest BCUT2D eigenvalue weighted by atomic mass is 10.1. The van der Waals surface area contributed by atoms with E-state index in [1.807, 2.05) is 42.3 Å². The predicted molar refractivity (Wildman–Crippen MR) is 79.7 cm³/mol. The average molecular weight is 291 g/mol. The Balaban J connectivity index is 2.21. The molecule has 19 heavy (non-hydrogen) atoms. The third-order valence-electron chi connectivity index (χ3n) is 2.89. The van der Waals surface area contributed by atoms with Crippen molar-refractivity contribution in [2.45, 2.75) is 6.54 Å². The molecule has 2 rings (SSSR count). The van der Waals surface area contributed by atoms with Gasteiger partial charge in [0.15, 0.2) is 0 Å². The molecule has 0 aliphatic rings. The first-order chi connectivity index (χ1) is 9.11. The van der Waals surface area contributed by atoms with Crippen molar-refractivity contribution in [3.8, 4) is 6.07 Å². The smallest absolute Gasteiger partial charge is 0.0991 e. The van der Waals surface area contributed by atoms with Crippen LogP contribution in [0.5, 0.6) is 0 Å². The topological polar surface area (TPSA) is 27.0 Å². The second kappa shape index (κ2) is 5.97. The highest BCUT2D eigenvalue weighted by atomic mass is 35.5. The normalized spacial score (nSPS) is 10.0. The molecule has 0 aliphatic heterocycles. The summed E-state index contributed by atoms with van der Waals surface area (Å²) in [6, 6.07) is 15.0. The molecule has 0 aromatic heterocycles. The maximum atomic E-state index is 8.78. The lowest BCUT2D eigenvalue weighted by Gasteiger charge is -2.20. The molecule has 0 saturated carbocycles. The van der Waals surface area contributed by atoms with Gasteiger partial charge in [-0.05, 0) is 36.4 Å². The fourth-order valence-electron chi connectivity index (χ4n) is 1.80. The first-order valence-electron chi connectivity index (χ1n) is 5.76. The fraction of sp³-hybridized carbons (Fsp3) is 0.133. The Bertz CT molecular complexity index is 595. The molecule has 0 aliphatic carbocycles. The Morgan fingerprint density at radius 2 is 1.63 bits per heavy atom. The largest absolute Gasteiger partial charge is 0.370 e. The number of rotatable bonds is 3. The highest BCUT2D eigenvalue weighted by molar-refractivity contribution is 6.36. The molecule has 0 amide bonds. The average Bonchev–Trinajstić information content (AvgIpc) is 2.43. The van der Waals surface area contributed by atoms with E-state index >= 15 is 0 Å². The van der Waals surface area contributed by atoms with Crippen molar-refractivity contribution >= 4 is 28.9 Å². The van der Waals surface area contributed by atoms with Crippen LogP contribution in [0.4, 0.5) is 5.69 Å². The predicted octanol–water partition coefficient (Wildman–Crippen LogP) is 4.50. The van der Waals surface area contributed by atoms with Crippen molar-refractivity contribution in [3.05, 3.63) is 63.6 Å². The van der Waals surface area contributed by atoms with Gasteiger partial charge in [-0.3, -0.25) is 0 Å². The Kier molecular flexibility index (Phi) is 4.31. The van der Waals surface area contributed by atoms with E-state index in [4.69, 9.17) is 28.5 Å². The van der Waals surface area contributed by atoms with Crippen LogP contribution in [0.25, 0.3) is 0 Å². The summed E-state index contributed by atoms with van der Waals surface area (Å²) in [5, 5.41) is 10.1. The Labute approximate surface area is 122 Å². The van der Waals surface area contributed by atoms with Gasteiger partial charge in [0.25, 0.3) is 0 Å². The van der Waals surface area contributed by atoms with Gasteiger partial charge in [-0.25, -0.2) is 0 Å². The van der Waals surface area contributed by atoms with E-state index in [1.165, 1.54) is 0 Å². The molecule has 0 spiro atoms. The molecule has 2 aromatic rings. The van der Waals surface area contributed by atoms with Crippen molar-refractivity contribution in [3.63, 3.8) is 0 Å². The van der Waals surface area contributed by atoms with Crippen molar-refractivity contribution in [1.82, 2.24) is 0 Å². The maximum absolute atomic E-state index is 8.78. The van der Waals surface area contributed by atoms with Crippen LogP contribution in [-0.4, -0.2) is 7.05 Å². The Hall–Kier alpha value is -1.69. The van der Waals surface area contributed by atoms with Gasteiger partial charge in [0.05, 0.1) is 11.6 Å². The van der Waals surface area contributed by atoms with Crippen molar-refractivity contribution in [1.29, 1.82) is 5.26 Å². The van der Waals surface area contributed by atoms with E-state index in [-0.39, 0.29) is 0 Å². The molecule has 0 heterocycles. The SMILES string of the molecule is CN(Cc1c(Cl)cccc1Cl)c1ccc(C#N)cc1. The number of hydrogen-bond donors (Lipinski definition) is 0. The second-order valence-corrected chi connectivity index (χ2v) is 5.03. The Morgan fingerprint density at radius 1 is 1.05 bits per heavy atom. The summed E-state index contributed by atoms with van der Waals surface area (Å²) in [6.45, 7) is 0.615. The molecule has 2 nitrogen and oxygen atoms in total. The van der Waals surface area contributed by atoms with E-state index in [9.17, 15) is 0 Å². The first-order valence-corrected chi connectivity index (χ1v) is 6.51. The highest BCUT2D eigenvalue weighted by Gasteiger charge is 2.09. The lowest BCUT2D eigenvalue weighted by molar-refractivity contribution is 0.923. The van der Waals surface area contributed by atoms with Crippen LogP contribution in [0.2, 0.25) is 10.0 Å². The first kappa shape index (κ1) is 13.7. The van der Waals surface area contributed by atoms with Gasteiger partial charge in [-0.15, -0.1) is 0 Å². The molecular weight excluding hydrogens is 279 g/mol. The maximum Gasteiger partial charge on any atom is 0.0991 e. The summed E-state index contributed by atoms with van der Waals surface area (Å²) in [4.78, 5) is 2.04. The zero-order chi connectivity index (χ0) is 13.8. The summed E-state index contributed by atoms with van der Waals surface area (Å²) < 4.78 is 0. The molecule has 4 heteroatoms. The molecule has 0 saturated heterocycles. The van der Waals surface area contributed by atoms with Crippen LogP contribution in [-0.2, 0) is 6.54 Å². The lowest BCUT2D eigenvalue weighted by Crippen LogP contribution is -2.16. The van der Waals surface area contributed by atoms with Crippen LogP contribution in [0.1, 0.15) is 11.1 Å². The van der Waals surface area contributed by atoms with Crippen molar-refractivity contribution < 1.29 is 0 Å². The minimum absolute atomic E-state index is 0.615. The number of anilines is 1. The fourth-order valence-corrected chi connectivity index (χ4v) is 2.32. The standard InChI is InChI=1S/C15H12Cl2N2/c1-19(12-7-5-11(9-18)6-8-12)10-13-14(16)3-2-4-15(13)17/h2-8H,10H2,1H3. The number of nitriles is 1. The third kappa shape index (κ3) is 3.20. The van der Waals surface area contributed by atoms with Crippen LogP contribution in [0, 0.1) is 11.3 Å². The number of hydrogen-bond acceptors (Lipinski definition) is 2. The van der Waals surface area contributed by atoms with Gasteiger partial charge in [-0.1, -0.05) is 29.3 Å². The van der Waals surface area contributed by atoms with Crippen molar-refractivity contribution in [2.24, 2.45) is 0 Å². The minimum Gasteiger partial charge on any atom is -0.370 e. The third-order valence-corrected chi connectivity index (χ3v) is 3.60. The van der Waals surface area contributed by atoms with Gasteiger partial charge < -0.3 is 4.90 Å². The molecule has 0 radical (unpaired) electrons. The van der Waals surface area contributed by atoms with Gasteiger partial charge in [-0.2, -0.15) is 5.26 Å². The molecule has 0 unspecified atom stereocenters. The van der Waals surface area contributed by atoms with E-state index in [0.717, 1.165) is 11.3 Å². The molecule has 0 N–H and O–H groups in total. The molecule has 2 aromatic carbocycles. The molecular formula is C15H12Cl2N2. The zero-order valence-electron chi connectivity index (χ0n) is 10.4. The number of halogens is 2. The van der Waals surface area contributed by atoms with Crippen LogP contribution in [0.3, 0.4) is 0 Å². The summed E-state index contributed by atoms with van der Waals surface area (Å²) in [5.41, 5.74) is 2.56. The summed E-state index contributed by atoms with van der Waals surface area (Å²) >= 11 is 12.3. The molecule has 96 valence electrons. The van der Waals surface area contributed by atoms with E-state index in [1.54, 1.807) is 12.1 Å². The number of benzene rings is 2. The van der Waals surface area contributed by atoms with Gasteiger partial charge >= 0.3 is 0 Å². The second-order valence-electron chi connectivity index (χ2n) is 4.21. The molecule has 0 atom stereocenters. The Morgan fingerprint density at radius 3 is 2.16 bits per heavy atom. The molecule has 0 fully saturated rings. The van der Waals surface area contributed by atoms with E-state index in [2.05, 4.69) is 6.07 Å².